The molecule has 6 nitrogen and oxygen atoms in total. The molecule has 0 saturated carbocycles. The summed E-state index contributed by atoms with van der Waals surface area (Å²) in [5, 5.41) is 4.95. The van der Waals surface area contributed by atoms with Crippen LogP contribution < -0.4 is 5.73 Å². The number of aromatic nitrogens is 3. The lowest BCUT2D eigenvalue weighted by molar-refractivity contribution is 0.0995. The maximum absolute atomic E-state index is 13.3. The second-order valence-corrected chi connectivity index (χ2v) is 6.37. The van der Waals surface area contributed by atoms with Crippen molar-refractivity contribution in [2.45, 2.75) is 6.54 Å². The molecular weight excluding hydrogens is 359 g/mol. The van der Waals surface area contributed by atoms with Crippen LogP contribution in [0.3, 0.4) is 0 Å². The van der Waals surface area contributed by atoms with E-state index < -0.39 is 5.91 Å². The van der Waals surface area contributed by atoms with Gasteiger partial charge < -0.3 is 5.73 Å². The lowest BCUT2D eigenvalue weighted by atomic mass is 9.98. The first-order chi connectivity index (χ1) is 13.5. The summed E-state index contributed by atoms with van der Waals surface area (Å²) in [7, 11) is 0. The van der Waals surface area contributed by atoms with Crippen molar-refractivity contribution in [2.75, 3.05) is 0 Å². The smallest absolute Gasteiger partial charge is 0.267 e. The largest absolute Gasteiger partial charge is 0.364 e. The number of amides is 1. The van der Waals surface area contributed by atoms with E-state index in [1.807, 2.05) is 18.2 Å². The molecule has 0 aliphatic carbocycles. The number of rotatable bonds is 5. The maximum atomic E-state index is 13.3. The predicted octanol–water partition coefficient (Wildman–Crippen LogP) is 3.20. The lowest BCUT2D eigenvalue weighted by Gasteiger charge is -2.10. The molecule has 2 aromatic carbocycles. The average molecular weight is 374 g/mol. The van der Waals surface area contributed by atoms with E-state index in [9.17, 15) is 14.0 Å². The van der Waals surface area contributed by atoms with Crippen molar-refractivity contribution < 1.29 is 14.0 Å². The van der Waals surface area contributed by atoms with E-state index in [2.05, 4.69) is 10.1 Å². The van der Waals surface area contributed by atoms with Gasteiger partial charge in [-0.25, -0.2) is 9.37 Å². The monoisotopic (exact) mass is 374 g/mol. The number of benzene rings is 2. The number of hydrogen-bond donors (Lipinski definition) is 1. The molecule has 0 aliphatic rings. The van der Waals surface area contributed by atoms with Crippen molar-refractivity contribution in [1.82, 2.24) is 14.8 Å². The second kappa shape index (κ2) is 7.03. The van der Waals surface area contributed by atoms with E-state index in [1.165, 1.54) is 18.3 Å². The molecule has 2 aromatic heterocycles. The summed E-state index contributed by atoms with van der Waals surface area (Å²) >= 11 is 0. The molecule has 0 spiro atoms. The van der Waals surface area contributed by atoms with Gasteiger partial charge in [0.05, 0.1) is 23.8 Å². The third-order valence-electron chi connectivity index (χ3n) is 4.42. The SMILES string of the molecule is NC(=O)c1cc(-c2ccc(F)cc2)c2ccc(Cn3cc(C=O)cn3)cc2n1. The summed E-state index contributed by atoms with van der Waals surface area (Å²) in [6, 6.07) is 13.3. The highest BCUT2D eigenvalue weighted by atomic mass is 19.1. The zero-order valence-corrected chi connectivity index (χ0v) is 14.7. The van der Waals surface area contributed by atoms with Gasteiger partial charge in [0.2, 0.25) is 0 Å². The summed E-state index contributed by atoms with van der Waals surface area (Å²) in [5.74, 6) is -0.980. The third kappa shape index (κ3) is 3.37. The first-order valence-electron chi connectivity index (χ1n) is 8.50. The van der Waals surface area contributed by atoms with E-state index in [0.717, 1.165) is 28.4 Å². The highest BCUT2D eigenvalue weighted by molar-refractivity contribution is 6.00. The minimum Gasteiger partial charge on any atom is -0.364 e. The van der Waals surface area contributed by atoms with E-state index in [4.69, 9.17) is 5.73 Å². The lowest BCUT2D eigenvalue weighted by Crippen LogP contribution is -2.13. The molecular formula is C21H15FN4O2. The van der Waals surface area contributed by atoms with Crippen molar-refractivity contribution in [3.8, 4) is 11.1 Å². The summed E-state index contributed by atoms with van der Waals surface area (Å²) in [4.78, 5) is 26.9. The molecule has 0 aliphatic heterocycles. The highest BCUT2D eigenvalue weighted by Crippen LogP contribution is 2.29. The minimum atomic E-state index is -0.640. The number of carbonyl (C=O) groups is 2. The van der Waals surface area contributed by atoms with Gasteiger partial charge >= 0.3 is 0 Å². The maximum Gasteiger partial charge on any atom is 0.267 e. The summed E-state index contributed by atoms with van der Waals surface area (Å²) in [6.45, 7) is 0.443. The van der Waals surface area contributed by atoms with E-state index in [0.29, 0.717) is 17.6 Å². The fraction of sp³-hybridized carbons (Fsp3) is 0.0476. The minimum absolute atomic E-state index is 0.131. The first-order valence-corrected chi connectivity index (χ1v) is 8.50. The van der Waals surface area contributed by atoms with E-state index in [-0.39, 0.29) is 11.5 Å². The molecule has 28 heavy (non-hydrogen) atoms. The van der Waals surface area contributed by atoms with Gasteiger partial charge in [0.15, 0.2) is 6.29 Å². The van der Waals surface area contributed by atoms with Gasteiger partial charge in [0.1, 0.15) is 11.5 Å². The van der Waals surface area contributed by atoms with E-state index >= 15 is 0 Å². The number of primary amides is 1. The fourth-order valence-electron chi connectivity index (χ4n) is 3.08. The van der Waals surface area contributed by atoms with E-state index in [1.54, 1.807) is 29.1 Å². The average Bonchev–Trinajstić information content (AvgIpc) is 3.15. The zero-order valence-electron chi connectivity index (χ0n) is 14.7. The fourth-order valence-corrected chi connectivity index (χ4v) is 3.08. The third-order valence-corrected chi connectivity index (χ3v) is 4.42. The number of halogens is 1. The van der Waals surface area contributed by atoms with Crippen molar-refractivity contribution >= 4 is 23.1 Å². The normalized spacial score (nSPS) is 10.9. The van der Waals surface area contributed by atoms with Gasteiger partial charge in [0, 0.05) is 11.6 Å². The van der Waals surface area contributed by atoms with Crippen molar-refractivity contribution in [3.63, 3.8) is 0 Å². The summed E-state index contributed by atoms with van der Waals surface area (Å²) in [6.07, 6.45) is 3.87. The van der Waals surface area contributed by atoms with Crippen molar-refractivity contribution in [1.29, 1.82) is 0 Å². The molecule has 0 fully saturated rings. The number of hydrogen-bond acceptors (Lipinski definition) is 4. The standard InChI is InChI=1S/C21H15FN4O2/c22-16-4-2-15(3-5-16)18-8-20(21(23)28)25-19-7-13(1-6-17(18)19)10-26-11-14(12-27)9-24-26/h1-9,11-12H,10H2,(H2,23,28). The van der Waals surface area contributed by atoms with Gasteiger partial charge in [-0.05, 0) is 41.0 Å². The Labute approximate surface area is 159 Å². The molecule has 2 heterocycles. The van der Waals surface area contributed by atoms with Crippen molar-refractivity contribution in [2.24, 2.45) is 5.73 Å². The molecule has 0 atom stereocenters. The molecule has 4 rings (SSSR count). The van der Waals surface area contributed by atoms with Gasteiger partial charge in [-0.3, -0.25) is 14.3 Å². The van der Waals surface area contributed by atoms with Crippen LogP contribution in [0.5, 0.6) is 0 Å². The zero-order chi connectivity index (χ0) is 19.7. The quantitative estimate of drug-likeness (QED) is 0.543. The predicted molar refractivity (Wildman–Crippen MR) is 102 cm³/mol. The number of aldehydes is 1. The second-order valence-electron chi connectivity index (χ2n) is 6.37. The van der Waals surface area contributed by atoms with Crippen LogP contribution in [0.25, 0.3) is 22.0 Å². The van der Waals surface area contributed by atoms with Crippen LogP contribution in [0.4, 0.5) is 4.39 Å². The number of pyridine rings is 1. The van der Waals surface area contributed by atoms with Crippen LogP contribution in [0.2, 0.25) is 0 Å². The Balaban J connectivity index is 1.82. The van der Waals surface area contributed by atoms with Gasteiger partial charge in [-0.15, -0.1) is 0 Å². The topological polar surface area (TPSA) is 90.9 Å². The van der Waals surface area contributed by atoms with Crippen LogP contribution >= 0.6 is 0 Å². The van der Waals surface area contributed by atoms with Gasteiger partial charge in [0.25, 0.3) is 5.91 Å². The Kier molecular flexibility index (Phi) is 4.41. The Morgan fingerprint density at radius 2 is 1.93 bits per heavy atom. The number of nitrogens with zero attached hydrogens (tertiary/aromatic N) is 3. The van der Waals surface area contributed by atoms with Crippen molar-refractivity contribution in [3.05, 3.63) is 83.6 Å². The highest BCUT2D eigenvalue weighted by Gasteiger charge is 2.12. The van der Waals surface area contributed by atoms with Crippen LogP contribution in [0.15, 0.2) is 60.9 Å². The molecule has 2 N–H and O–H groups in total. The Bertz CT molecular complexity index is 1200. The molecule has 138 valence electrons. The van der Waals surface area contributed by atoms with Crippen LogP contribution in [0.1, 0.15) is 26.4 Å². The number of nitrogens with two attached hydrogens (primary N) is 1. The Morgan fingerprint density at radius 3 is 2.61 bits per heavy atom. The molecule has 0 radical (unpaired) electrons. The molecule has 1 amide bonds. The molecule has 4 aromatic rings. The number of carbonyl (C=O) groups excluding carboxylic acids is 2. The molecule has 0 unspecified atom stereocenters. The first kappa shape index (κ1) is 17.5. The summed E-state index contributed by atoms with van der Waals surface area (Å²) < 4.78 is 14.9. The van der Waals surface area contributed by atoms with Gasteiger partial charge in [-0.1, -0.05) is 24.3 Å². The van der Waals surface area contributed by atoms with Crippen LogP contribution in [-0.2, 0) is 6.54 Å². The summed E-state index contributed by atoms with van der Waals surface area (Å²) in [5.41, 5.74) is 9.06. The van der Waals surface area contributed by atoms with Crippen LogP contribution in [-0.4, -0.2) is 27.0 Å². The van der Waals surface area contributed by atoms with Gasteiger partial charge in [-0.2, -0.15) is 5.10 Å². The Hall–Kier alpha value is -3.87. The molecule has 0 bridgehead atoms. The van der Waals surface area contributed by atoms with Crippen LogP contribution in [0, 0.1) is 5.82 Å². The molecule has 0 saturated heterocycles. The molecule has 7 heteroatoms. The number of fused-ring (bicyclic) bond motifs is 1. The Morgan fingerprint density at radius 1 is 1.14 bits per heavy atom.